The number of halogens is 2. The van der Waals surface area contributed by atoms with Crippen molar-refractivity contribution in [3.8, 4) is 5.75 Å². The lowest BCUT2D eigenvalue weighted by atomic mass is 10.3. The Morgan fingerprint density at radius 1 is 1.33 bits per heavy atom. The van der Waals surface area contributed by atoms with Crippen LogP contribution in [0.2, 0.25) is 5.02 Å². The van der Waals surface area contributed by atoms with E-state index in [2.05, 4.69) is 15.9 Å². The van der Waals surface area contributed by atoms with Crippen LogP contribution < -0.4 is 4.74 Å². The first-order valence-electron chi connectivity index (χ1n) is 4.36. The van der Waals surface area contributed by atoms with Gasteiger partial charge in [-0.05, 0) is 29.6 Å². The number of benzene rings is 1. The quantitative estimate of drug-likeness (QED) is 0.795. The molecule has 0 amide bonds. The topological polar surface area (TPSA) is 9.23 Å². The van der Waals surface area contributed by atoms with Crippen LogP contribution in [0.3, 0.4) is 0 Å². The highest BCUT2D eigenvalue weighted by molar-refractivity contribution is 9.10. The summed E-state index contributed by atoms with van der Waals surface area (Å²) in [6.45, 7) is 0.563. The zero-order valence-electron chi connectivity index (χ0n) is 7.74. The van der Waals surface area contributed by atoms with Gasteiger partial charge >= 0.3 is 0 Å². The summed E-state index contributed by atoms with van der Waals surface area (Å²) in [5.74, 6) is 0.708. The van der Waals surface area contributed by atoms with Gasteiger partial charge in [-0.15, -0.1) is 11.3 Å². The fraction of sp³-hybridized carbons (Fsp3) is 0.0909. The summed E-state index contributed by atoms with van der Waals surface area (Å²) in [7, 11) is 0. The van der Waals surface area contributed by atoms with Gasteiger partial charge in [-0.2, -0.15) is 0 Å². The molecule has 0 N–H and O–H groups in total. The molecule has 4 heteroatoms. The number of thiophene rings is 1. The molecule has 0 saturated heterocycles. The van der Waals surface area contributed by atoms with Crippen LogP contribution in [0.25, 0.3) is 0 Å². The molecule has 0 fully saturated rings. The van der Waals surface area contributed by atoms with Crippen molar-refractivity contribution in [2.75, 3.05) is 0 Å². The smallest absolute Gasteiger partial charge is 0.139 e. The van der Waals surface area contributed by atoms with Crippen molar-refractivity contribution in [1.29, 1.82) is 0 Å². The van der Waals surface area contributed by atoms with Gasteiger partial charge < -0.3 is 4.74 Å². The molecule has 1 aromatic carbocycles. The van der Waals surface area contributed by atoms with Gasteiger partial charge in [-0.25, -0.2) is 0 Å². The Morgan fingerprint density at radius 3 is 2.93 bits per heavy atom. The second kappa shape index (κ2) is 5.01. The largest absolute Gasteiger partial charge is 0.486 e. The number of rotatable bonds is 3. The summed E-state index contributed by atoms with van der Waals surface area (Å²) in [6.07, 6.45) is 0. The molecule has 0 unspecified atom stereocenters. The van der Waals surface area contributed by atoms with E-state index in [4.69, 9.17) is 16.3 Å². The summed E-state index contributed by atoms with van der Waals surface area (Å²) < 4.78 is 6.58. The lowest BCUT2D eigenvalue weighted by molar-refractivity contribution is 0.310. The van der Waals surface area contributed by atoms with Gasteiger partial charge in [0.2, 0.25) is 0 Å². The standard InChI is InChI=1S/C11H8BrClOS/c12-8-3-4-10(13)11(6-8)14-7-9-2-1-5-15-9/h1-6H,7H2. The van der Waals surface area contributed by atoms with E-state index in [1.165, 1.54) is 4.88 Å². The normalized spacial score (nSPS) is 10.3. The van der Waals surface area contributed by atoms with Crippen LogP contribution in [0.15, 0.2) is 40.2 Å². The minimum atomic E-state index is 0.563. The van der Waals surface area contributed by atoms with Crippen molar-refractivity contribution in [2.45, 2.75) is 6.61 Å². The Labute approximate surface area is 106 Å². The molecule has 78 valence electrons. The van der Waals surface area contributed by atoms with Crippen LogP contribution in [-0.2, 0) is 6.61 Å². The molecule has 1 nitrogen and oxygen atoms in total. The van der Waals surface area contributed by atoms with E-state index in [-0.39, 0.29) is 0 Å². The zero-order chi connectivity index (χ0) is 10.7. The third-order valence-corrected chi connectivity index (χ3v) is 3.50. The minimum Gasteiger partial charge on any atom is -0.486 e. The Balaban J connectivity index is 2.07. The molecule has 2 rings (SSSR count). The molecule has 0 atom stereocenters. The van der Waals surface area contributed by atoms with Crippen molar-refractivity contribution in [1.82, 2.24) is 0 Å². The maximum absolute atomic E-state index is 5.99. The van der Waals surface area contributed by atoms with E-state index in [1.54, 1.807) is 11.3 Å². The summed E-state index contributed by atoms with van der Waals surface area (Å²) in [5.41, 5.74) is 0. The van der Waals surface area contributed by atoms with Crippen LogP contribution in [-0.4, -0.2) is 0 Å². The fourth-order valence-electron chi connectivity index (χ4n) is 1.13. The summed E-state index contributed by atoms with van der Waals surface area (Å²) >= 11 is 11.0. The van der Waals surface area contributed by atoms with Crippen LogP contribution in [0, 0.1) is 0 Å². The van der Waals surface area contributed by atoms with Crippen molar-refractivity contribution in [2.24, 2.45) is 0 Å². The molecule has 0 spiro atoms. The predicted octanol–water partition coefficient (Wildman–Crippen LogP) is 4.74. The molecule has 0 aliphatic rings. The number of hydrogen-bond acceptors (Lipinski definition) is 2. The minimum absolute atomic E-state index is 0.563. The third-order valence-electron chi connectivity index (χ3n) is 1.84. The first kappa shape index (κ1) is 11.0. The van der Waals surface area contributed by atoms with Gasteiger partial charge in [0.1, 0.15) is 12.4 Å². The summed E-state index contributed by atoms with van der Waals surface area (Å²) in [6, 6.07) is 9.62. The Bertz CT molecular complexity index is 442. The van der Waals surface area contributed by atoms with Crippen molar-refractivity contribution < 1.29 is 4.74 Å². The first-order chi connectivity index (χ1) is 7.25. The first-order valence-corrected chi connectivity index (χ1v) is 6.41. The number of ether oxygens (including phenoxy) is 1. The fourth-order valence-corrected chi connectivity index (χ4v) is 2.26. The van der Waals surface area contributed by atoms with E-state index in [9.17, 15) is 0 Å². The number of hydrogen-bond donors (Lipinski definition) is 0. The van der Waals surface area contributed by atoms with Crippen LogP contribution in [0.5, 0.6) is 5.75 Å². The molecule has 0 saturated carbocycles. The second-order valence-corrected chi connectivity index (χ2v) is 5.30. The van der Waals surface area contributed by atoms with Gasteiger partial charge in [0.05, 0.1) is 5.02 Å². The molecule has 1 heterocycles. The maximum Gasteiger partial charge on any atom is 0.139 e. The lowest BCUT2D eigenvalue weighted by Crippen LogP contribution is -1.93. The predicted molar refractivity (Wildman–Crippen MR) is 67.8 cm³/mol. The molecule has 1 aromatic heterocycles. The molecule has 0 aliphatic heterocycles. The van der Waals surface area contributed by atoms with Crippen molar-refractivity contribution in [3.63, 3.8) is 0 Å². The highest BCUT2D eigenvalue weighted by Crippen LogP contribution is 2.28. The van der Waals surface area contributed by atoms with E-state index in [1.807, 2.05) is 35.7 Å². The van der Waals surface area contributed by atoms with Gasteiger partial charge in [-0.1, -0.05) is 33.6 Å². The van der Waals surface area contributed by atoms with Crippen LogP contribution >= 0.6 is 38.9 Å². The average Bonchev–Trinajstić information content (AvgIpc) is 2.72. The van der Waals surface area contributed by atoms with Crippen LogP contribution in [0.4, 0.5) is 0 Å². The highest BCUT2D eigenvalue weighted by atomic mass is 79.9. The second-order valence-electron chi connectivity index (χ2n) is 2.94. The molecule has 0 radical (unpaired) electrons. The maximum atomic E-state index is 5.99. The Hall–Kier alpha value is -0.510. The average molecular weight is 304 g/mol. The lowest BCUT2D eigenvalue weighted by Gasteiger charge is -2.06. The molecule has 0 aliphatic carbocycles. The van der Waals surface area contributed by atoms with Crippen molar-refractivity contribution in [3.05, 3.63) is 50.1 Å². The summed E-state index contributed by atoms with van der Waals surface area (Å²) in [5, 5.41) is 2.66. The monoisotopic (exact) mass is 302 g/mol. The van der Waals surface area contributed by atoms with Crippen molar-refractivity contribution >= 4 is 38.9 Å². The molecular weight excluding hydrogens is 296 g/mol. The van der Waals surface area contributed by atoms with E-state index in [0.29, 0.717) is 17.4 Å². The van der Waals surface area contributed by atoms with Crippen LogP contribution in [0.1, 0.15) is 4.88 Å². The van der Waals surface area contributed by atoms with Gasteiger partial charge in [0, 0.05) is 9.35 Å². The molecule has 15 heavy (non-hydrogen) atoms. The van der Waals surface area contributed by atoms with Gasteiger partial charge in [-0.3, -0.25) is 0 Å². The SMILES string of the molecule is Clc1ccc(Br)cc1OCc1cccs1. The van der Waals surface area contributed by atoms with Gasteiger partial charge in [0.15, 0.2) is 0 Å². The molecule has 2 aromatic rings. The summed E-state index contributed by atoms with van der Waals surface area (Å²) in [4.78, 5) is 1.19. The van der Waals surface area contributed by atoms with E-state index in [0.717, 1.165) is 4.47 Å². The Morgan fingerprint density at radius 2 is 2.20 bits per heavy atom. The zero-order valence-corrected chi connectivity index (χ0v) is 10.9. The van der Waals surface area contributed by atoms with E-state index >= 15 is 0 Å². The molecule has 0 bridgehead atoms. The van der Waals surface area contributed by atoms with Gasteiger partial charge in [0.25, 0.3) is 0 Å². The molecular formula is C11H8BrClOS. The highest BCUT2D eigenvalue weighted by Gasteiger charge is 2.02. The van der Waals surface area contributed by atoms with E-state index < -0.39 is 0 Å². The Kier molecular flexibility index (Phi) is 3.67. The third kappa shape index (κ3) is 2.97.